The Hall–Kier alpha value is -3.12. The fourth-order valence-electron chi connectivity index (χ4n) is 3.34. The molecule has 152 valence electrons. The van der Waals surface area contributed by atoms with Gasteiger partial charge in [0.1, 0.15) is 12.4 Å². The average molecular weight is 465 g/mol. The van der Waals surface area contributed by atoms with Crippen LogP contribution in [0.4, 0.5) is 0 Å². The molecular weight excluding hydrogens is 444 g/mol. The SMILES string of the molecule is COc1cc(C)ccc1OCCn1c(-c2ccc(Br)cc2)nc2ccccc2c1=O. The molecule has 6 heteroatoms. The topological polar surface area (TPSA) is 53.4 Å². The van der Waals surface area contributed by atoms with Crippen LogP contribution >= 0.6 is 15.9 Å². The second-order valence-electron chi connectivity index (χ2n) is 6.92. The van der Waals surface area contributed by atoms with Crippen LogP contribution in [0.15, 0.2) is 76.0 Å². The number of nitrogens with zero attached hydrogens (tertiary/aromatic N) is 2. The van der Waals surface area contributed by atoms with E-state index < -0.39 is 0 Å². The average Bonchev–Trinajstić information content (AvgIpc) is 2.76. The Labute approximate surface area is 183 Å². The molecule has 3 aromatic carbocycles. The fraction of sp³-hybridized carbons (Fsp3) is 0.167. The van der Waals surface area contributed by atoms with E-state index in [1.165, 1.54) is 0 Å². The zero-order valence-corrected chi connectivity index (χ0v) is 18.3. The van der Waals surface area contributed by atoms with Crippen molar-refractivity contribution in [3.8, 4) is 22.9 Å². The zero-order valence-electron chi connectivity index (χ0n) is 16.8. The summed E-state index contributed by atoms with van der Waals surface area (Å²) in [4.78, 5) is 18.0. The van der Waals surface area contributed by atoms with Gasteiger partial charge in [-0.05, 0) is 48.9 Å². The number of aryl methyl sites for hydroxylation is 1. The molecule has 5 nitrogen and oxygen atoms in total. The molecule has 0 saturated carbocycles. The van der Waals surface area contributed by atoms with Crippen molar-refractivity contribution in [2.75, 3.05) is 13.7 Å². The molecule has 0 saturated heterocycles. The molecule has 0 atom stereocenters. The Morgan fingerprint density at radius 2 is 1.77 bits per heavy atom. The Bertz CT molecular complexity index is 1250. The van der Waals surface area contributed by atoms with Gasteiger partial charge in [0.05, 0.1) is 24.6 Å². The summed E-state index contributed by atoms with van der Waals surface area (Å²) < 4.78 is 14.0. The van der Waals surface area contributed by atoms with Crippen molar-refractivity contribution in [3.63, 3.8) is 0 Å². The summed E-state index contributed by atoms with van der Waals surface area (Å²) >= 11 is 3.46. The van der Waals surface area contributed by atoms with E-state index in [0.717, 1.165) is 15.6 Å². The van der Waals surface area contributed by atoms with E-state index in [-0.39, 0.29) is 5.56 Å². The molecule has 0 radical (unpaired) electrons. The monoisotopic (exact) mass is 464 g/mol. The molecule has 0 amide bonds. The second kappa shape index (κ2) is 8.71. The number of hydrogen-bond donors (Lipinski definition) is 0. The Morgan fingerprint density at radius 1 is 1.00 bits per heavy atom. The molecule has 4 aromatic rings. The zero-order chi connectivity index (χ0) is 21.1. The number of rotatable bonds is 6. The van der Waals surface area contributed by atoms with E-state index in [9.17, 15) is 4.79 Å². The van der Waals surface area contributed by atoms with Gasteiger partial charge >= 0.3 is 0 Å². The van der Waals surface area contributed by atoms with Gasteiger partial charge in [-0.2, -0.15) is 0 Å². The van der Waals surface area contributed by atoms with Gasteiger partial charge < -0.3 is 9.47 Å². The lowest BCUT2D eigenvalue weighted by molar-refractivity contribution is 0.278. The van der Waals surface area contributed by atoms with Crippen LogP contribution in [-0.4, -0.2) is 23.3 Å². The van der Waals surface area contributed by atoms with Crippen LogP contribution in [0.3, 0.4) is 0 Å². The maximum atomic E-state index is 13.2. The number of ether oxygens (including phenoxy) is 2. The highest BCUT2D eigenvalue weighted by molar-refractivity contribution is 9.10. The largest absolute Gasteiger partial charge is 0.493 e. The third-order valence-electron chi connectivity index (χ3n) is 4.86. The highest BCUT2D eigenvalue weighted by atomic mass is 79.9. The molecule has 4 rings (SSSR count). The maximum absolute atomic E-state index is 13.2. The van der Waals surface area contributed by atoms with Crippen LogP contribution in [-0.2, 0) is 6.54 Å². The van der Waals surface area contributed by atoms with E-state index in [0.29, 0.717) is 41.4 Å². The predicted octanol–water partition coefficient (Wildman–Crippen LogP) is 5.22. The summed E-state index contributed by atoms with van der Waals surface area (Å²) in [5.41, 5.74) is 2.55. The molecule has 0 spiro atoms. The molecule has 0 fully saturated rings. The third kappa shape index (κ3) is 4.09. The van der Waals surface area contributed by atoms with Gasteiger partial charge in [-0.3, -0.25) is 9.36 Å². The number of para-hydroxylation sites is 1. The van der Waals surface area contributed by atoms with Gasteiger partial charge in [0.2, 0.25) is 0 Å². The van der Waals surface area contributed by atoms with E-state index in [2.05, 4.69) is 15.9 Å². The first-order valence-electron chi connectivity index (χ1n) is 9.60. The first kappa shape index (κ1) is 20.2. The first-order chi connectivity index (χ1) is 14.6. The summed E-state index contributed by atoms with van der Waals surface area (Å²) in [7, 11) is 1.62. The number of fused-ring (bicyclic) bond motifs is 1. The van der Waals surface area contributed by atoms with Crippen molar-refractivity contribution in [2.24, 2.45) is 0 Å². The van der Waals surface area contributed by atoms with E-state index in [4.69, 9.17) is 14.5 Å². The molecule has 0 aliphatic rings. The molecule has 0 N–H and O–H groups in total. The minimum atomic E-state index is -0.0852. The van der Waals surface area contributed by atoms with Gasteiger partial charge in [0, 0.05) is 10.0 Å². The minimum Gasteiger partial charge on any atom is -0.493 e. The minimum absolute atomic E-state index is 0.0852. The maximum Gasteiger partial charge on any atom is 0.261 e. The molecule has 0 unspecified atom stereocenters. The van der Waals surface area contributed by atoms with Gasteiger partial charge in [-0.25, -0.2) is 4.98 Å². The molecule has 1 heterocycles. The van der Waals surface area contributed by atoms with Crippen LogP contribution < -0.4 is 15.0 Å². The number of aromatic nitrogens is 2. The Kier molecular flexibility index (Phi) is 5.86. The van der Waals surface area contributed by atoms with Crippen LogP contribution in [0.5, 0.6) is 11.5 Å². The van der Waals surface area contributed by atoms with Crippen molar-refractivity contribution < 1.29 is 9.47 Å². The van der Waals surface area contributed by atoms with Crippen molar-refractivity contribution in [2.45, 2.75) is 13.5 Å². The van der Waals surface area contributed by atoms with Gasteiger partial charge in [0.25, 0.3) is 5.56 Å². The van der Waals surface area contributed by atoms with Gasteiger partial charge in [-0.15, -0.1) is 0 Å². The Balaban J connectivity index is 1.70. The van der Waals surface area contributed by atoms with Crippen molar-refractivity contribution in [3.05, 3.63) is 87.1 Å². The number of halogens is 1. The second-order valence-corrected chi connectivity index (χ2v) is 7.83. The molecule has 0 aliphatic heterocycles. The Morgan fingerprint density at radius 3 is 2.53 bits per heavy atom. The summed E-state index contributed by atoms with van der Waals surface area (Å²) in [6, 6.07) is 20.9. The smallest absolute Gasteiger partial charge is 0.261 e. The molecule has 0 bridgehead atoms. The van der Waals surface area contributed by atoms with Crippen molar-refractivity contribution >= 4 is 26.8 Å². The molecular formula is C24H21BrN2O3. The number of methoxy groups -OCH3 is 1. The summed E-state index contributed by atoms with van der Waals surface area (Å²) in [6.07, 6.45) is 0. The number of benzene rings is 3. The first-order valence-corrected chi connectivity index (χ1v) is 10.4. The lowest BCUT2D eigenvalue weighted by atomic mass is 10.2. The normalized spacial score (nSPS) is 10.9. The fourth-order valence-corrected chi connectivity index (χ4v) is 3.60. The van der Waals surface area contributed by atoms with Crippen LogP contribution in [0.2, 0.25) is 0 Å². The van der Waals surface area contributed by atoms with E-state index in [1.807, 2.05) is 67.6 Å². The van der Waals surface area contributed by atoms with E-state index >= 15 is 0 Å². The lowest BCUT2D eigenvalue weighted by Crippen LogP contribution is -2.26. The summed E-state index contributed by atoms with van der Waals surface area (Å²) in [5, 5.41) is 0.589. The highest BCUT2D eigenvalue weighted by Crippen LogP contribution is 2.28. The highest BCUT2D eigenvalue weighted by Gasteiger charge is 2.13. The number of hydrogen-bond acceptors (Lipinski definition) is 4. The third-order valence-corrected chi connectivity index (χ3v) is 5.38. The predicted molar refractivity (Wildman–Crippen MR) is 122 cm³/mol. The quantitative estimate of drug-likeness (QED) is 0.392. The van der Waals surface area contributed by atoms with Gasteiger partial charge in [-0.1, -0.05) is 46.3 Å². The lowest BCUT2D eigenvalue weighted by Gasteiger charge is -2.15. The molecule has 0 aliphatic carbocycles. The van der Waals surface area contributed by atoms with E-state index in [1.54, 1.807) is 17.7 Å². The molecule has 30 heavy (non-hydrogen) atoms. The summed E-state index contributed by atoms with van der Waals surface area (Å²) in [5.74, 6) is 1.94. The van der Waals surface area contributed by atoms with Crippen molar-refractivity contribution in [1.29, 1.82) is 0 Å². The summed E-state index contributed by atoms with van der Waals surface area (Å²) in [6.45, 7) is 2.67. The molecule has 1 aromatic heterocycles. The van der Waals surface area contributed by atoms with Crippen LogP contribution in [0, 0.1) is 6.92 Å². The van der Waals surface area contributed by atoms with Gasteiger partial charge in [0.15, 0.2) is 11.5 Å². The van der Waals surface area contributed by atoms with Crippen molar-refractivity contribution in [1.82, 2.24) is 9.55 Å². The van der Waals surface area contributed by atoms with Crippen LogP contribution in [0.25, 0.3) is 22.3 Å². The standard InChI is InChI=1S/C24H21BrN2O3/c1-16-7-12-21(22(15-16)29-2)30-14-13-27-23(17-8-10-18(25)11-9-17)26-20-6-4-3-5-19(20)24(27)28/h3-12,15H,13-14H2,1-2H3. The van der Waals surface area contributed by atoms with Crippen LogP contribution in [0.1, 0.15) is 5.56 Å².